The van der Waals surface area contributed by atoms with Crippen molar-refractivity contribution >= 4 is 47.4 Å². The van der Waals surface area contributed by atoms with Crippen molar-refractivity contribution in [3.63, 3.8) is 0 Å². The standard InChI is InChI=1S/C15H23N3O3.C14H21N3O3.2C14H23N3O2.C13H21N3O2.C11H15F2N3O2/c1-9(15(20)21)12-7-5-6-8-18(12)14(19)13-10(2)16-17(4)11(13)3;1-9-13(10(2)16(3)15-9)14(20)17-7-5-4-6-11(17)8-12(18)19;1-10-13(11(2)16(3)15-10)14(18)17-8-6-5-7-12(17)9-19-4;1-10-13(11(2)16(3)15-10)14(19)17-8-5-4-6-12(17)7-9-18;1-9-12(10(2)15(3)14-9)13(18)16-7-5-4-6-11(16)8-17;1-15-5-8(9(14-15)10(12)13)11(18)16-4-2-3-7(16)6-17/h9,12H,5-8H2,1-4H3,(H,20,21);11H,4-8H2,1-3H3,(H,18,19);12H,5-9H2,1-4H3;12,18H,4-9H2,1-3H3;11,17H,4-8H2,1-3H3;5,7,10,17H,2-4,6H2,1H3/t;;;;;7-/m.....0/s1. The lowest BCUT2D eigenvalue weighted by Crippen LogP contribution is -2.49. The van der Waals surface area contributed by atoms with Crippen LogP contribution in [0.3, 0.4) is 0 Å². The fraction of sp³-hybridized carbons (Fsp3) is 0.679. The molecule has 6 amide bonds. The van der Waals surface area contributed by atoms with Gasteiger partial charge in [-0.2, -0.15) is 30.6 Å². The molecule has 12 heterocycles. The van der Waals surface area contributed by atoms with Crippen LogP contribution in [0.1, 0.15) is 260 Å². The van der Waals surface area contributed by atoms with Crippen LogP contribution >= 0.6 is 0 Å². The number of piperidine rings is 5. The number of aryl methyl sites for hydroxylation is 11. The Morgan fingerprint density at radius 1 is 0.417 bits per heavy atom. The average Bonchev–Trinajstić information content (AvgIpc) is 1.65. The van der Waals surface area contributed by atoms with E-state index in [1.165, 1.54) is 29.2 Å². The van der Waals surface area contributed by atoms with E-state index in [9.17, 15) is 57.4 Å². The molecule has 6 fully saturated rings. The predicted octanol–water partition coefficient (Wildman–Crippen LogP) is 8.33. The number of amides is 6. The minimum atomic E-state index is -2.78. The number of halogens is 2. The third-order valence-corrected chi connectivity index (χ3v) is 23.5. The summed E-state index contributed by atoms with van der Waals surface area (Å²) in [6, 6.07) is -0.375. The van der Waals surface area contributed by atoms with Crippen molar-refractivity contribution < 1.29 is 77.4 Å². The first-order valence-corrected chi connectivity index (χ1v) is 40.4. The Hall–Kier alpha value is -9.28. The minimum absolute atomic E-state index is 0.0110. The molecule has 115 heavy (non-hydrogen) atoms. The van der Waals surface area contributed by atoms with Gasteiger partial charge in [0.25, 0.3) is 41.9 Å². The number of ether oxygens (including phenoxy) is 1. The number of methoxy groups -OCH3 is 1. The van der Waals surface area contributed by atoms with Gasteiger partial charge in [0.15, 0.2) is 0 Å². The molecular formula is C81H126F2N18O14. The van der Waals surface area contributed by atoms with Crippen LogP contribution in [0.25, 0.3) is 0 Å². The van der Waals surface area contributed by atoms with Crippen molar-refractivity contribution in [2.24, 2.45) is 48.2 Å². The van der Waals surface area contributed by atoms with Crippen molar-refractivity contribution in [2.45, 2.75) is 241 Å². The molecule has 6 unspecified atom stereocenters. The van der Waals surface area contributed by atoms with Gasteiger partial charge in [-0.3, -0.25) is 66.4 Å². The van der Waals surface area contributed by atoms with E-state index in [2.05, 4.69) is 30.6 Å². The van der Waals surface area contributed by atoms with Crippen molar-refractivity contribution in [3.05, 3.63) is 102 Å². The summed E-state index contributed by atoms with van der Waals surface area (Å²) in [5.74, 6) is -2.71. The summed E-state index contributed by atoms with van der Waals surface area (Å²) < 4.78 is 40.7. The molecule has 32 nitrogen and oxygen atoms in total. The highest BCUT2D eigenvalue weighted by Gasteiger charge is 2.39. The van der Waals surface area contributed by atoms with E-state index in [-0.39, 0.29) is 97.6 Å². The van der Waals surface area contributed by atoms with Crippen LogP contribution in [0.2, 0.25) is 0 Å². The Morgan fingerprint density at radius 2 is 0.722 bits per heavy atom. The molecule has 0 saturated carbocycles. The van der Waals surface area contributed by atoms with Gasteiger partial charge in [0.1, 0.15) is 5.69 Å². The first kappa shape index (κ1) is 92.9. The number of rotatable bonds is 17. The van der Waals surface area contributed by atoms with Crippen molar-refractivity contribution in [1.29, 1.82) is 0 Å². The van der Waals surface area contributed by atoms with Gasteiger partial charge < -0.3 is 59.7 Å². The summed E-state index contributed by atoms with van der Waals surface area (Å²) in [6.45, 7) is 25.2. The summed E-state index contributed by atoms with van der Waals surface area (Å²) in [6.07, 6.45) is 15.4. The quantitative estimate of drug-likeness (QED) is 0.0572. The Morgan fingerprint density at radius 3 is 1.06 bits per heavy atom. The van der Waals surface area contributed by atoms with E-state index in [4.69, 9.17) is 20.1 Å². The van der Waals surface area contributed by atoms with E-state index in [1.807, 2.05) is 114 Å². The molecule has 12 rings (SSSR count). The lowest BCUT2D eigenvalue weighted by molar-refractivity contribution is -0.143. The van der Waals surface area contributed by atoms with E-state index >= 15 is 0 Å². The molecule has 34 heteroatoms. The van der Waals surface area contributed by atoms with Gasteiger partial charge in [0.05, 0.1) is 112 Å². The topological polar surface area (TPSA) is 373 Å². The first-order chi connectivity index (χ1) is 54.5. The van der Waals surface area contributed by atoms with E-state index in [0.717, 1.165) is 173 Å². The molecule has 0 radical (unpaired) electrons. The lowest BCUT2D eigenvalue weighted by atomic mass is 9.90. The van der Waals surface area contributed by atoms with E-state index in [1.54, 1.807) is 52.1 Å². The average molecular weight is 1610 g/mol. The molecule has 5 N–H and O–H groups in total. The highest BCUT2D eigenvalue weighted by molar-refractivity contribution is 6.00. The molecule has 6 saturated heterocycles. The SMILES string of the molecule is COCC1CCCCN1C(=O)c1c(C)nn(C)c1C.Cc1nn(C)c(C)c1C(=O)N1CCCCC1C(C)C(=O)O.Cc1nn(C)c(C)c1C(=O)N1CCCCC1CC(=O)O.Cc1nn(C)c(C)c1C(=O)N1CCCCC1CCO.Cc1nn(C)c(C)c1C(=O)N1CCCCC1CO.Cn1cc(C(=O)N2CCC[C@H]2CO)c(C(F)F)n1. The number of aliphatic hydroxyl groups is 3. The summed E-state index contributed by atoms with van der Waals surface area (Å²) >= 11 is 0. The first-order valence-electron chi connectivity index (χ1n) is 40.4. The predicted molar refractivity (Wildman–Crippen MR) is 426 cm³/mol. The number of hydrogen-bond acceptors (Lipinski definition) is 18. The van der Waals surface area contributed by atoms with Crippen molar-refractivity contribution in [3.8, 4) is 0 Å². The normalized spacial score (nSPS) is 19.9. The van der Waals surface area contributed by atoms with Gasteiger partial charge in [-0.25, -0.2) is 8.78 Å². The fourth-order valence-corrected chi connectivity index (χ4v) is 16.8. The Bertz CT molecular complexity index is 4230. The molecule has 6 aromatic rings. The summed E-state index contributed by atoms with van der Waals surface area (Å²) in [4.78, 5) is 109. The molecule has 6 aliphatic rings. The molecule has 6 aliphatic heterocycles. The summed E-state index contributed by atoms with van der Waals surface area (Å²) in [5.41, 5.74) is 11.0. The monoisotopic (exact) mass is 1610 g/mol. The number of hydrogen-bond donors (Lipinski definition) is 5. The highest BCUT2D eigenvalue weighted by atomic mass is 19.3. The number of likely N-dealkylation sites (tertiary alicyclic amines) is 6. The van der Waals surface area contributed by atoms with Crippen LogP contribution in [0.4, 0.5) is 8.78 Å². The third kappa shape index (κ3) is 22.5. The maximum atomic E-state index is 12.9. The second-order valence-corrected chi connectivity index (χ2v) is 31.3. The van der Waals surface area contributed by atoms with Gasteiger partial charge >= 0.3 is 11.9 Å². The number of carbonyl (C=O) groups is 8. The maximum absolute atomic E-state index is 12.9. The zero-order valence-electron chi connectivity index (χ0n) is 70.9. The van der Waals surface area contributed by atoms with E-state index in [0.29, 0.717) is 67.2 Å². The van der Waals surface area contributed by atoms with Crippen LogP contribution in [0.5, 0.6) is 0 Å². The summed E-state index contributed by atoms with van der Waals surface area (Å²) in [7, 11) is 12.4. The Balaban J connectivity index is 0.000000191. The number of carboxylic acids is 2. The molecule has 0 bridgehead atoms. The van der Waals surface area contributed by atoms with Crippen LogP contribution in [-0.2, 0) is 56.6 Å². The van der Waals surface area contributed by atoms with Crippen LogP contribution in [-0.4, -0.2) is 270 Å². The third-order valence-electron chi connectivity index (χ3n) is 23.5. The smallest absolute Gasteiger partial charge is 0.308 e. The number of aliphatic carboxylic acids is 2. The van der Waals surface area contributed by atoms with Crippen molar-refractivity contribution in [1.82, 2.24) is 88.1 Å². The highest BCUT2D eigenvalue weighted by Crippen LogP contribution is 2.32. The largest absolute Gasteiger partial charge is 0.481 e. The second-order valence-electron chi connectivity index (χ2n) is 31.3. The second kappa shape index (κ2) is 42.5. The Labute approximate surface area is 674 Å². The van der Waals surface area contributed by atoms with Crippen LogP contribution in [0.15, 0.2) is 6.20 Å². The van der Waals surface area contributed by atoms with Gasteiger partial charge in [0.2, 0.25) is 0 Å². The molecule has 0 aliphatic carbocycles. The molecular weight excluding hydrogens is 1490 g/mol. The summed E-state index contributed by atoms with van der Waals surface area (Å²) in [5, 5.41) is 71.0. The number of carboxylic acid groups (broad SMARTS) is 2. The number of alkyl halides is 2. The zero-order chi connectivity index (χ0) is 85.1. The maximum Gasteiger partial charge on any atom is 0.308 e. The number of carbonyl (C=O) groups excluding carboxylic acids is 6. The number of aliphatic hydroxyl groups excluding tert-OH is 3. The molecule has 0 spiro atoms. The minimum Gasteiger partial charge on any atom is -0.481 e. The van der Waals surface area contributed by atoms with Crippen LogP contribution in [0, 0.1) is 75.2 Å². The fourth-order valence-electron chi connectivity index (χ4n) is 16.8. The van der Waals surface area contributed by atoms with E-state index < -0.39 is 35.9 Å². The van der Waals surface area contributed by atoms with Crippen molar-refractivity contribution in [2.75, 3.05) is 72.8 Å². The van der Waals surface area contributed by atoms with Gasteiger partial charge in [-0.15, -0.1) is 0 Å². The zero-order valence-corrected chi connectivity index (χ0v) is 70.9. The molecule has 6 aromatic heterocycles. The Kier molecular flexibility index (Phi) is 34.4. The molecule has 0 aromatic carbocycles. The van der Waals surface area contributed by atoms with Gasteiger partial charge in [-0.05, 0) is 192 Å². The van der Waals surface area contributed by atoms with Gasteiger partial charge in [-0.1, -0.05) is 0 Å². The number of nitrogens with zero attached hydrogens (tertiary/aromatic N) is 18. The van der Waals surface area contributed by atoms with Gasteiger partial charge in [0, 0.05) is 148 Å². The van der Waals surface area contributed by atoms with Crippen LogP contribution < -0.4 is 0 Å². The molecule has 7 atom stereocenters. The molecule has 638 valence electrons. The number of aromatic nitrogens is 12. The lowest BCUT2D eigenvalue weighted by Gasteiger charge is -2.38.